The largest absolute Gasteiger partial charge is 0.395 e. The van der Waals surface area contributed by atoms with Crippen LogP contribution < -0.4 is 5.32 Å². The summed E-state index contributed by atoms with van der Waals surface area (Å²) < 4.78 is 1.72. The fraction of sp³-hybridized carbons (Fsp3) is 0.667. The van der Waals surface area contributed by atoms with Crippen molar-refractivity contribution in [2.45, 2.75) is 38.6 Å². The van der Waals surface area contributed by atoms with Gasteiger partial charge in [-0.05, 0) is 31.9 Å². The number of aliphatic hydroxyl groups is 1. The number of aryl methyl sites for hydroxylation is 1. The van der Waals surface area contributed by atoms with Gasteiger partial charge in [0.25, 0.3) is 0 Å². The Morgan fingerprint density at radius 3 is 3.14 bits per heavy atom. The molecule has 2 N–H and O–H groups in total. The molecule has 7 heteroatoms. The Kier molecular flexibility index (Phi) is 4.84. The number of aromatic nitrogens is 4. The number of nitrogens with one attached hydrogen (secondary N) is 1. The van der Waals surface area contributed by atoms with E-state index in [0.29, 0.717) is 6.04 Å². The van der Waals surface area contributed by atoms with Crippen LogP contribution in [0, 0.1) is 0 Å². The molecule has 0 amide bonds. The lowest BCUT2D eigenvalue weighted by Gasteiger charge is -2.34. The van der Waals surface area contributed by atoms with Crippen molar-refractivity contribution in [1.82, 2.24) is 24.7 Å². The monoisotopic (exact) mass is 304 g/mol. The first-order valence-electron chi connectivity index (χ1n) is 8.10. The molecule has 2 aromatic heterocycles. The van der Waals surface area contributed by atoms with Gasteiger partial charge in [0.2, 0.25) is 5.65 Å². The second-order valence-electron chi connectivity index (χ2n) is 5.80. The maximum absolute atomic E-state index is 9.47. The molecule has 0 radical (unpaired) electrons. The summed E-state index contributed by atoms with van der Waals surface area (Å²) in [5.41, 5.74) is 2.75. The summed E-state index contributed by atoms with van der Waals surface area (Å²) >= 11 is 0. The number of nitrogens with zero attached hydrogens (tertiary/aromatic N) is 5. The topological polar surface area (TPSA) is 78.6 Å². The summed E-state index contributed by atoms with van der Waals surface area (Å²) in [6.07, 6.45) is 6.05. The Bertz CT molecular complexity index is 613. The lowest BCUT2D eigenvalue weighted by Crippen LogP contribution is -2.44. The van der Waals surface area contributed by atoms with E-state index in [-0.39, 0.29) is 6.61 Å². The molecule has 1 aliphatic rings. The summed E-state index contributed by atoms with van der Waals surface area (Å²) in [7, 11) is 0. The fourth-order valence-electron chi connectivity index (χ4n) is 3.08. The number of aliphatic hydroxyl groups excluding tert-OH is 1. The number of hydrogen-bond donors (Lipinski definition) is 2. The fourth-order valence-corrected chi connectivity index (χ4v) is 3.08. The van der Waals surface area contributed by atoms with Gasteiger partial charge in [0.15, 0.2) is 0 Å². The summed E-state index contributed by atoms with van der Waals surface area (Å²) in [4.78, 5) is 2.37. The normalized spacial score (nSPS) is 19.6. The maximum atomic E-state index is 9.47. The summed E-state index contributed by atoms with van der Waals surface area (Å²) in [6.45, 7) is 5.16. The molecule has 0 saturated carbocycles. The summed E-state index contributed by atoms with van der Waals surface area (Å²) in [6, 6.07) is 2.36. The van der Waals surface area contributed by atoms with Crippen molar-refractivity contribution in [3.63, 3.8) is 0 Å². The Labute approximate surface area is 130 Å². The number of piperidine rings is 1. The molecular formula is C15H24N6O. The third-order valence-corrected chi connectivity index (χ3v) is 4.36. The third kappa shape index (κ3) is 3.20. The number of anilines is 1. The van der Waals surface area contributed by atoms with Gasteiger partial charge in [0.05, 0.1) is 18.0 Å². The van der Waals surface area contributed by atoms with E-state index in [4.69, 9.17) is 0 Å². The molecule has 1 fully saturated rings. The SMILES string of the molecule is CCc1cc(NCCN2CCCCC2CO)c2nncn2n1. The smallest absolute Gasteiger partial charge is 0.200 e. The molecule has 1 saturated heterocycles. The zero-order chi connectivity index (χ0) is 15.4. The second kappa shape index (κ2) is 7.02. The lowest BCUT2D eigenvalue weighted by molar-refractivity contribution is 0.0940. The molecule has 120 valence electrons. The Morgan fingerprint density at radius 2 is 2.32 bits per heavy atom. The summed E-state index contributed by atoms with van der Waals surface area (Å²) in [5, 5.41) is 25.4. The van der Waals surface area contributed by atoms with E-state index in [1.807, 2.05) is 6.07 Å². The van der Waals surface area contributed by atoms with Crippen molar-refractivity contribution in [3.05, 3.63) is 18.1 Å². The van der Waals surface area contributed by atoms with E-state index in [9.17, 15) is 5.11 Å². The minimum absolute atomic E-state index is 0.254. The average Bonchev–Trinajstić information content (AvgIpc) is 3.03. The second-order valence-corrected chi connectivity index (χ2v) is 5.80. The van der Waals surface area contributed by atoms with Crippen LogP contribution in [-0.4, -0.2) is 62.1 Å². The van der Waals surface area contributed by atoms with Crippen LogP contribution in [-0.2, 0) is 6.42 Å². The highest BCUT2D eigenvalue weighted by molar-refractivity contribution is 5.66. The van der Waals surface area contributed by atoms with E-state index >= 15 is 0 Å². The van der Waals surface area contributed by atoms with Crippen LogP contribution in [0.4, 0.5) is 5.69 Å². The zero-order valence-electron chi connectivity index (χ0n) is 13.1. The van der Waals surface area contributed by atoms with Crippen molar-refractivity contribution >= 4 is 11.3 Å². The van der Waals surface area contributed by atoms with E-state index in [2.05, 4.69) is 32.4 Å². The van der Waals surface area contributed by atoms with Gasteiger partial charge < -0.3 is 10.4 Å². The molecule has 0 bridgehead atoms. The Morgan fingerprint density at radius 1 is 1.41 bits per heavy atom. The zero-order valence-corrected chi connectivity index (χ0v) is 13.1. The van der Waals surface area contributed by atoms with E-state index in [1.165, 1.54) is 12.8 Å². The van der Waals surface area contributed by atoms with Gasteiger partial charge in [0.1, 0.15) is 6.33 Å². The highest BCUT2D eigenvalue weighted by Gasteiger charge is 2.20. The van der Waals surface area contributed by atoms with Crippen molar-refractivity contribution in [2.75, 3.05) is 31.6 Å². The van der Waals surface area contributed by atoms with Gasteiger partial charge >= 0.3 is 0 Å². The molecule has 1 unspecified atom stereocenters. The molecule has 1 atom stereocenters. The van der Waals surface area contributed by atoms with Gasteiger partial charge in [-0.25, -0.2) is 0 Å². The first kappa shape index (κ1) is 15.2. The van der Waals surface area contributed by atoms with Crippen molar-refractivity contribution in [3.8, 4) is 0 Å². The van der Waals surface area contributed by atoms with Crippen LogP contribution in [0.2, 0.25) is 0 Å². The molecule has 7 nitrogen and oxygen atoms in total. The van der Waals surface area contributed by atoms with Gasteiger partial charge in [-0.3, -0.25) is 4.90 Å². The highest BCUT2D eigenvalue weighted by Crippen LogP contribution is 2.17. The van der Waals surface area contributed by atoms with Gasteiger partial charge in [-0.2, -0.15) is 9.61 Å². The summed E-state index contributed by atoms with van der Waals surface area (Å²) in [5.74, 6) is 0. The first-order valence-corrected chi connectivity index (χ1v) is 8.10. The number of rotatable bonds is 6. The Balaban J connectivity index is 1.64. The lowest BCUT2D eigenvalue weighted by atomic mass is 10.0. The van der Waals surface area contributed by atoms with Crippen LogP contribution in [0.3, 0.4) is 0 Å². The number of hydrogen-bond acceptors (Lipinski definition) is 6. The van der Waals surface area contributed by atoms with Crippen molar-refractivity contribution in [2.24, 2.45) is 0 Å². The first-order chi connectivity index (χ1) is 10.8. The molecule has 1 aliphatic heterocycles. The van der Waals surface area contributed by atoms with Crippen LogP contribution >= 0.6 is 0 Å². The number of likely N-dealkylation sites (tertiary alicyclic amines) is 1. The van der Waals surface area contributed by atoms with E-state index in [0.717, 1.165) is 49.5 Å². The van der Waals surface area contributed by atoms with Crippen LogP contribution in [0.15, 0.2) is 12.4 Å². The molecule has 0 spiro atoms. The molecule has 22 heavy (non-hydrogen) atoms. The van der Waals surface area contributed by atoms with Crippen LogP contribution in [0.5, 0.6) is 0 Å². The van der Waals surface area contributed by atoms with Crippen LogP contribution in [0.1, 0.15) is 31.9 Å². The molecule has 3 rings (SSSR count). The number of fused-ring (bicyclic) bond motifs is 1. The standard InChI is InChI=1S/C15H24N6O/c1-2-12-9-14(15-18-17-11-21(15)19-12)16-6-8-20-7-4-3-5-13(20)10-22/h9,11,13,16,22H,2-8,10H2,1H3. The Hall–Kier alpha value is -1.73. The van der Waals surface area contributed by atoms with E-state index < -0.39 is 0 Å². The highest BCUT2D eigenvalue weighted by atomic mass is 16.3. The molecule has 0 aromatic carbocycles. The van der Waals surface area contributed by atoms with Gasteiger partial charge in [-0.15, -0.1) is 10.2 Å². The predicted octanol–water partition coefficient (Wildman–Crippen LogP) is 0.945. The molecule has 2 aromatic rings. The van der Waals surface area contributed by atoms with Gasteiger partial charge in [0, 0.05) is 19.1 Å². The molecule has 3 heterocycles. The van der Waals surface area contributed by atoms with Gasteiger partial charge in [-0.1, -0.05) is 13.3 Å². The van der Waals surface area contributed by atoms with Crippen molar-refractivity contribution < 1.29 is 5.11 Å². The quantitative estimate of drug-likeness (QED) is 0.827. The third-order valence-electron chi connectivity index (χ3n) is 4.36. The average molecular weight is 304 g/mol. The van der Waals surface area contributed by atoms with Crippen LogP contribution in [0.25, 0.3) is 5.65 Å². The predicted molar refractivity (Wildman–Crippen MR) is 84.9 cm³/mol. The molecule has 0 aliphatic carbocycles. The minimum Gasteiger partial charge on any atom is -0.395 e. The van der Waals surface area contributed by atoms with E-state index in [1.54, 1.807) is 10.8 Å². The maximum Gasteiger partial charge on any atom is 0.200 e. The molecular weight excluding hydrogens is 280 g/mol. The minimum atomic E-state index is 0.254. The van der Waals surface area contributed by atoms with Crippen molar-refractivity contribution in [1.29, 1.82) is 0 Å².